The van der Waals surface area contributed by atoms with Gasteiger partial charge in [-0.15, -0.1) is 0 Å². The Labute approximate surface area is 80.2 Å². The van der Waals surface area contributed by atoms with Gasteiger partial charge in [0.05, 0.1) is 6.10 Å². The summed E-state index contributed by atoms with van der Waals surface area (Å²) in [6.45, 7) is 3.26. The summed E-state index contributed by atoms with van der Waals surface area (Å²) in [4.78, 5) is 2.44. The van der Waals surface area contributed by atoms with Crippen LogP contribution in [0.25, 0.3) is 0 Å². The van der Waals surface area contributed by atoms with E-state index in [0.717, 1.165) is 32.5 Å². The molecule has 0 aromatic heterocycles. The highest BCUT2D eigenvalue weighted by atomic mass is 16.3. The summed E-state index contributed by atoms with van der Waals surface area (Å²) in [6.07, 6.45) is 8.33. The normalized spacial score (nSPS) is 25.8. The summed E-state index contributed by atoms with van der Waals surface area (Å²) in [7, 11) is 0. The van der Waals surface area contributed by atoms with Crippen molar-refractivity contribution in [1.29, 1.82) is 0 Å². The molecule has 13 heavy (non-hydrogen) atoms. The van der Waals surface area contributed by atoms with Gasteiger partial charge in [0.2, 0.25) is 0 Å². The molecule has 2 fully saturated rings. The lowest BCUT2D eigenvalue weighted by molar-refractivity contribution is 0.0879. The Kier molecular flexibility index (Phi) is 3.01. The van der Waals surface area contributed by atoms with Crippen molar-refractivity contribution in [2.24, 2.45) is 0 Å². The van der Waals surface area contributed by atoms with E-state index >= 15 is 0 Å². The average molecular weight is 181 g/mol. The van der Waals surface area contributed by atoms with Crippen LogP contribution in [0.1, 0.15) is 32.1 Å². The second kappa shape index (κ2) is 4.25. The number of hydrogen-bond donors (Lipinski definition) is 1. The molecule has 0 atom stereocenters. The smallest absolute Gasteiger partial charge is 0.0564 e. The molecular weight excluding hydrogens is 162 g/mol. The van der Waals surface area contributed by atoms with Crippen LogP contribution in [0.4, 0.5) is 0 Å². The number of nitrogens with zero attached hydrogens (tertiary/aromatic N) is 1. The van der Waals surface area contributed by atoms with Gasteiger partial charge in [0, 0.05) is 19.6 Å². The molecule has 1 N–H and O–H groups in total. The van der Waals surface area contributed by atoms with Crippen molar-refractivity contribution in [2.75, 3.05) is 19.6 Å². The molecule has 0 spiro atoms. The van der Waals surface area contributed by atoms with E-state index in [-0.39, 0.29) is 6.10 Å². The standard InChI is InChI=1S/C11H19NO/c13-11-5-8-12(9-6-11)7-4-10-2-1-3-10/h4,11,13H,1-3,5-9H2. The molecule has 1 saturated carbocycles. The number of aliphatic hydroxyl groups is 1. The van der Waals surface area contributed by atoms with Gasteiger partial charge in [0.15, 0.2) is 0 Å². The fourth-order valence-electron chi connectivity index (χ4n) is 1.95. The molecule has 0 aromatic rings. The molecule has 0 amide bonds. The molecule has 1 aliphatic heterocycles. The zero-order valence-electron chi connectivity index (χ0n) is 8.21. The Balaban J connectivity index is 1.70. The third kappa shape index (κ3) is 2.55. The van der Waals surface area contributed by atoms with E-state index in [2.05, 4.69) is 11.0 Å². The molecule has 0 aromatic carbocycles. The van der Waals surface area contributed by atoms with Crippen LogP contribution in [-0.4, -0.2) is 35.7 Å². The summed E-state index contributed by atoms with van der Waals surface area (Å²) >= 11 is 0. The van der Waals surface area contributed by atoms with E-state index in [0.29, 0.717) is 0 Å². The predicted octanol–water partition coefficient (Wildman–Crippen LogP) is 1.55. The lowest BCUT2D eigenvalue weighted by Crippen LogP contribution is -2.36. The van der Waals surface area contributed by atoms with Gasteiger partial charge in [-0.2, -0.15) is 0 Å². The predicted molar refractivity (Wildman–Crippen MR) is 53.6 cm³/mol. The lowest BCUT2D eigenvalue weighted by atomic mass is 9.92. The van der Waals surface area contributed by atoms with Crippen molar-refractivity contribution in [3.63, 3.8) is 0 Å². The third-order valence-corrected chi connectivity index (χ3v) is 3.19. The van der Waals surface area contributed by atoms with E-state index in [1.807, 2.05) is 0 Å². The van der Waals surface area contributed by atoms with Crippen molar-refractivity contribution >= 4 is 0 Å². The minimum atomic E-state index is -0.0346. The summed E-state index contributed by atoms with van der Waals surface area (Å²) in [6, 6.07) is 0. The molecule has 74 valence electrons. The van der Waals surface area contributed by atoms with Gasteiger partial charge in [0.25, 0.3) is 0 Å². The molecule has 1 heterocycles. The third-order valence-electron chi connectivity index (χ3n) is 3.19. The summed E-state index contributed by atoms with van der Waals surface area (Å²) < 4.78 is 0. The molecule has 2 heteroatoms. The molecule has 2 nitrogen and oxygen atoms in total. The zero-order chi connectivity index (χ0) is 9.10. The molecule has 2 rings (SSSR count). The number of piperidine rings is 1. The monoisotopic (exact) mass is 181 g/mol. The number of allylic oxidation sites excluding steroid dienone is 1. The van der Waals surface area contributed by atoms with Crippen molar-refractivity contribution in [3.8, 4) is 0 Å². The first kappa shape index (κ1) is 9.22. The summed E-state index contributed by atoms with van der Waals surface area (Å²) in [5.74, 6) is 0. The maximum absolute atomic E-state index is 9.32. The van der Waals surface area contributed by atoms with E-state index in [1.54, 1.807) is 5.57 Å². The molecule has 0 unspecified atom stereocenters. The highest BCUT2D eigenvalue weighted by molar-refractivity contribution is 5.10. The first-order chi connectivity index (χ1) is 6.34. The molecule has 0 radical (unpaired) electrons. The minimum absolute atomic E-state index is 0.0346. The van der Waals surface area contributed by atoms with Gasteiger partial charge >= 0.3 is 0 Å². The molecular formula is C11H19NO. The van der Waals surface area contributed by atoms with Crippen LogP contribution in [0.5, 0.6) is 0 Å². The van der Waals surface area contributed by atoms with Gasteiger partial charge in [-0.1, -0.05) is 11.6 Å². The molecule has 1 saturated heterocycles. The minimum Gasteiger partial charge on any atom is -0.393 e. The van der Waals surface area contributed by atoms with Crippen molar-refractivity contribution in [1.82, 2.24) is 4.90 Å². The van der Waals surface area contributed by atoms with E-state index in [4.69, 9.17) is 0 Å². The number of aliphatic hydroxyl groups excluding tert-OH is 1. The Morgan fingerprint density at radius 3 is 2.54 bits per heavy atom. The van der Waals surface area contributed by atoms with Gasteiger partial charge in [-0.25, -0.2) is 0 Å². The highest BCUT2D eigenvalue weighted by Gasteiger charge is 2.16. The van der Waals surface area contributed by atoms with Crippen molar-refractivity contribution < 1.29 is 5.11 Å². The fraction of sp³-hybridized carbons (Fsp3) is 0.818. The fourth-order valence-corrected chi connectivity index (χ4v) is 1.95. The summed E-state index contributed by atoms with van der Waals surface area (Å²) in [5.41, 5.74) is 1.64. The van der Waals surface area contributed by atoms with Crippen LogP contribution >= 0.6 is 0 Å². The largest absolute Gasteiger partial charge is 0.393 e. The molecule has 0 bridgehead atoms. The Hall–Kier alpha value is -0.340. The number of hydrogen-bond acceptors (Lipinski definition) is 2. The molecule has 1 aliphatic carbocycles. The van der Waals surface area contributed by atoms with Gasteiger partial charge < -0.3 is 5.11 Å². The Morgan fingerprint density at radius 1 is 1.31 bits per heavy atom. The van der Waals surface area contributed by atoms with Crippen LogP contribution in [0.3, 0.4) is 0 Å². The number of rotatable bonds is 2. The topological polar surface area (TPSA) is 23.5 Å². The van der Waals surface area contributed by atoms with Crippen LogP contribution in [0.2, 0.25) is 0 Å². The number of likely N-dealkylation sites (tertiary alicyclic amines) is 1. The first-order valence-electron chi connectivity index (χ1n) is 5.43. The maximum Gasteiger partial charge on any atom is 0.0564 e. The van der Waals surface area contributed by atoms with Gasteiger partial charge in [0.1, 0.15) is 0 Å². The van der Waals surface area contributed by atoms with Gasteiger partial charge in [-0.05, 0) is 32.1 Å². The van der Waals surface area contributed by atoms with Crippen LogP contribution < -0.4 is 0 Å². The lowest BCUT2D eigenvalue weighted by Gasteiger charge is -2.29. The van der Waals surface area contributed by atoms with Crippen molar-refractivity contribution in [3.05, 3.63) is 11.6 Å². The highest BCUT2D eigenvalue weighted by Crippen LogP contribution is 2.25. The van der Waals surface area contributed by atoms with Crippen molar-refractivity contribution in [2.45, 2.75) is 38.2 Å². The Morgan fingerprint density at radius 2 is 2.00 bits per heavy atom. The van der Waals surface area contributed by atoms with E-state index in [1.165, 1.54) is 19.3 Å². The average Bonchev–Trinajstić information content (AvgIpc) is 2.05. The zero-order valence-corrected chi connectivity index (χ0v) is 8.21. The van der Waals surface area contributed by atoms with E-state index < -0.39 is 0 Å². The van der Waals surface area contributed by atoms with Crippen LogP contribution in [0.15, 0.2) is 11.6 Å². The maximum atomic E-state index is 9.32. The Bertz CT molecular complexity index is 186. The quantitative estimate of drug-likeness (QED) is 0.653. The molecule has 2 aliphatic rings. The van der Waals surface area contributed by atoms with Gasteiger partial charge in [-0.3, -0.25) is 4.90 Å². The van der Waals surface area contributed by atoms with Crippen LogP contribution in [0, 0.1) is 0 Å². The van der Waals surface area contributed by atoms with Crippen LogP contribution in [-0.2, 0) is 0 Å². The second-order valence-corrected chi connectivity index (χ2v) is 4.25. The first-order valence-corrected chi connectivity index (χ1v) is 5.43. The second-order valence-electron chi connectivity index (χ2n) is 4.25. The SMILES string of the molecule is OC1CCN(CC=C2CCC2)CC1. The van der Waals surface area contributed by atoms with E-state index in [9.17, 15) is 5.11 Å². The summed E-state index contributed by atoms with van der Waals surface area (Å²) in [5, 5.41) is 9.32.